The van der Waals surface area contributed by atoms with E-state index < -0.39 is 17.8 Å². The minimum Gasteiger partial charge on any atom is -0.357 e. The molecule has 2 aromatic rings. The number of hydrogen-bond acceptors (Lipinski definition) is 4. The van der Waals surface area contributed by atoms with Crippen LogP contribution in [0, 0.1) is 0 Å². The normalized spacial score (nSPS) is 14.6. The first-order valence-electron chi connectivity index (χ1n) is 7.95. The molecule has 1 amide bonds. The Hall–Kier alpha value is -2.64. The van der Waals surface area contributed by atoms with Gasteiger partial charge in [-0.25, -0.2) is 4.98 Å². The highest BCUT2D eigenvalue weighted by atomic mass is 19.4. The van der Waals surface area contributed by atoms with Crippen molar-refractivity contribution in [3.63, 3.8) is 0 Å². The van der Waals surface area contributed by atoms with Crippen LogP contribution in [0.1, 0.15) is 34.5 Å². The lowest BCUT2D eigenvalue weighted by molar-refractivity contribution is -0.141. The van der Waals surface area contributed by atoms with Crippen LogP contribution >= 0.6 is 0 Å². The van der Waals surface area contributed by atoms with Crippen molar-refractivity contribution in [2.24, 2.45) is 0 Å². The van der Waals surface area contributed by atoms with E-state index in [-0.39, 0.29) is 12.1 Å². The maximum Gasteiger partial charge on any atom is 0.433 e. The second-order valence-corrected chi connectivity index (χ2v) is 5.83. The highest BCUT2D eigenvalue weighted by molar-refractivity contribution is 5.93. The molecule has 25 heavy (non-hydrogen) atoms. The maximum atomic E-state index is 12.5. The zero-order chi connectivity index (χ0) is 17.9. The van der Waals surface area contributed by atoms with Gasteiger partial charge in [0.05, 0.1) is 5.56 Å². The molecule has 8 heteroatoms. The van der Waals surface area contributed by atoms with Crippen LogP contribution in [0.15, 0.2) is 36.7 Å². The van der Waals surface area contributed by atoms with Crippen molar-refractivity contribution in [1.82, 2.24) is 15.3 Å². The Labute approximate surface area is 142 Å². The van der Waals surface area contributed by atoms with E-state index in [0.29, 0.717) is 0 Å². The van der Waals surface area contributed by atoms with E-state index in [1.807, 2.05) is 12.1 Å². The van der Waals surface area contributed by atoms with E-state index in [1.165, 1.54) is 12.8 Å². The Morgan fingerprint density at radius 2 is 1.84 bits per heavy atom. The van der Waals surface area contributed by atoms with Crippen molar-refractivity contribution >= 4 is 11.7 Å². The number of rotatable bonds is 4. The summed E-state index contributed by atoms with van der Waals surface area (Å²) in [6.07, 6.45) is 0.435. The molecule has 0 bridgehead atoms. The SMILES string of the molecule is O=C(NCc1ccc(N2CCCC2)nc1)c1ccc(C(F)(F)F)nc1. The molecule has 3 rings (SSSR count). The third-order valence-electron chi connectivity index (χ3n) is 4.01. The van der Waals surface area contributed by atoms with Crippen LogP contribution in [0.4, 0.5) is 19.0 Å². The summed E-state index contributed by atoms with van der Waals surface area (Å²) in [4.78, 5) is 21.9. The van der Waals surface area contributed by atoms with Crippen LogP contribution in [0.3, 0.4) is 0 Å². The van der Waals surface area contributed by atoms with E-state index in [0.717, 1.165) is 42.8 Å². The van der Waals surface area contributed by atoms with Gasteiger partial charge in [-0.05, 0) is 36.6 Å². The van der Waals surface area contributed by atoms with Crippen LogP contribution in [-0.4, -0.2) is 29.0 Å². The maximum absolute atomic E-state index is 12.5. The van der Waals surface area contributed by atoms with Gasteiger partial charge in [-0.2, -0.15) is 13.2 Å². The lowest BCUT2D eigenvalue weighted by Crippen LogP contribution is -2.23. The molecule has 1 fully saturated rings. The first-order chi connectivity index (χ1) is 11.9. The first kappa shape index (κ1) is 17.2. The van der Waals surface area contributed by atoms with Gasteiger partial charge in [-0.3, -0.25) is 9.78 Å². The van der Waals surface area contributed by atoms with Crippen LogP contribution < -0.4 is 10.2 Å². The number of nitrogens with zero attached hydrogens (tertiary/aromatic N) is 3. The molecule has 3 heterocycles. The van der Waals surface area contributed by atoms with Gasteiger partial charge in [-0.1, -0.05) is 6.07 Å². The van der Waals surface area contributed by atoms with Gasteiger partial charge in [0, 0.05) is 32.0 Å². The first-order valence-corrected chi connectivity index (χ1v) is 7.95. The Balaban J connectivity index is 1.56. The van der Waals surface area contributed by atoms with Crippen molar-refractivity contribution in [2.75, 3.05) is 18.0 Å². The van der Waals surface area contributed by atoms with Gasteiger partial charge >= 0.3 is 6.18 Å². The molecule has 132 valence electrons. The molecule has 1 N–H and O–H groups in total. The molecule has 0 spiro atoms. The topological polar surface area (TPSA) is 58.1 Å². The quantitative estimate of drug-likeness (QED) is 0.921. The van der Waals surface area contributed by atoms with Crippen LogP contribution in [-0.2, 0) is 12.7 Å². The molecule has 0 saturated carbocycles. The molecule has 0 aliphatic carbocycles. The summed E-state index contributed by atoms with van der Waals surface area (Å²) in [6, 6.07) is 5.69. The summed E-state index contributed by atoms with van der Waals surface area (Å²) in [5.74, 6) is 0.435. The number of carbonyl (C=O) groups excluding carboxylic acids is 1. The summed E-state index contributed by atoms with van der Waals surface area (Å²) in [5, 5.41) is 2.65. The number of carbonyl (C=O) groups is 1. The fraction of sp³-hybridized carbons (Fsp3) is 0.353. The number of anilines is 1. The van der Waals surface area contributed by atoms with Gasteiger partial charge in [-0.15, -0.1) is 0 Å². The van der Waals surface area contributed by atoms with Gasteiger partial charge in [0.2, 0.25) is 0 Å². The largest absolute Gasteiger partial charge is 0.433 e. The van der Waals surface area contributed by atoms with Gasteiger partial charge in [0.15, 0.2) is 0 Å². The lowest BCUT2D eigenvalue weighted by atomic mass is 10.2. The Kier molecular flexibility index (Phi) is 4.87. The van der Waals surface area contributed by atoms with E-state index >= 15 is 0 Å². The third kappa shape index (κ3) is 4.26. The van der Waals surface area contributed by atoms with Gasteiger partial charge in [0.25, 0.3) is 5.91 Å². The number of alkyl halides is 3. The van der Waals surface area contributed by atoms with Crippen LogP contribution in [0.5, 0.6) is 0 Å². The summed E-state index contributed by atoms with van der Waals surface area (Å²) in [5.41, 5.74) is -0.128. The fourth-order valence-corrected chi connectivity index (χ4v) is 2.63. The molecule has 0 aromatic carbocycles. The summed E-state index contributed by atoms with van der Waals surface area (Å²) in [7, 11) is 0. The van der Waals surface area contributed by atoms with Crippen molar-refractivity contribution in [3.8, 4) is 0 Å². The number of aromatic nitrogens is 2. The number of amides is 1. The highest BCUT2D eigenvalue weighted by Crippen LogP contribution is 2.27. The van der Waals surface area contributed by atoms with Crippen molar-refractivity contribution in [3.05, 3.63) is 53.5 Å². The molecule has 0 unspecified atom stereocenters. The number of hydrogen-bond donors (Lipinski definition) is 1. The molecular weight excluding hydrogens is 333 g/mol. The Morgan fingerprint density at radius 3 is 2.40 bits per heavy atom. The average Bonchev–Trinajstić information content (AvgIpc) is 3.14. The highest BCUT2D eigenvalue weighted by Gasteiger charge is 2.32. The fourth-order valence-electron chi connectivity index (χ4n) is 2.63. The monoisotopic (exact) mass is 350 g/mol. The third-order valence-corrected chi connectivity index (χ3v) is 4.01. The predicted octanol–water partition coefficient (Wildman–Crippen LogP) is 3.03. The molecule has 2 aromatic heterocycles. The number of halogens is 3. The summed E-state index contributed by atoms with van der Waals surface area (Å²) < 4.78 is 37.4. The summed E-state index contributed by atoms with van der Waals surface area (Å²) >= 11 is 0. The van der Waals surface area contributed by atoms with E-state index in [1.54, 1.807) is 6.20 Å². The standard InChI is InChI=1S/C17H17F3N4O/c18-17(19,20)14-5-4-13(11-21-14)16(25)23-10-12-3-6-15(22-9-12)24-7-1-2-8-24/h3-6,9,11H,1-2,7-8,10H2,(H,23,25). The molecule has 1 saturated heterocycles. The van der Waals surface area contributed by atoms with Crippen LogP contribution in [0.25, 0.3) is 0 Å². The van der Waals surface area contributed by atoms with Gasteiger partial charge in [0.1, 0.15) is 11.5 Å². The Bertz CT molecular complexity index is 723. The average molecular weight is 350 g/mol. The van der Waals surface area contributed by atoms with E-state index in [9.17, 15) is 18.0 Å². The molecular formula is C17H17F3N4O. The minimum atomic E-state index is -4.52. The molecule has 0 atom stereocenters. The smallest absolute Gasteiger partial charge is 0.357 e. The summed E-state index contributed by atoms with van der Waals surface area (Å²) in [6.45, 7) is 2.25. The predicted molar refractivity (Wildman–Crippen MR) is 86.1 cm³/mol. The van der Waals surface area contributed by atoms with Crippen molar-refractivity contribution in [1.29, 1.82) is 0 Å². The van der Waals surface area contributed by atoms with Gasteiger partial charge < -0.3 is 10.2 Å². The second-order valence-electron chi connectivity index (χ2n) is 5.83. The Morgan fingerprint density at radius 1 is 1.08 bits per heavy atom. The van der Waals surface area contributed by atoms with Crippen molar-refractivity contribution < 1.29 is 18.0 Å². The van der Waals surface area contributed by atoms with E-state index in [2.05, 4.69) is 20.2 Å². The van der Waals surface area contributed by atoms with Crippen LogP contribution in [0.2, 0.25) is 0 Å². The molecule has 5 nitrogen and oxygen atoms in total. The molecule has 0 radical (unpaired) electrons. The zero-order valence-electron chi connectivity index (χ0n) is 13.4. The number of nitrogens with one attached hydrogen (secondary N) is 1. The zero-order valence-corrected chi connectivity index (χ0v) is 13.4. The molecule has 1 aliphatic rings. The number of pyridine rings is 2. The lowest BCUT2D eigenvalue weighted by Gasteiger charge is -2.16. The molecule has 1 aliphatic heterocycles. The van der Waals surface area contributed by atoms with Crippen molar-refractivity contribution in [2.45, 2.75) is 25.6 Å². The second kappa shape index (κ2) is 7.08. The van der Waals surface area contributed by atoms with E-state index in [4.69, 9.17) is 0 Å². The minimum absolute atomic E-state index is 0.0784.